The summed E-state index contributed by atoms with van der Waals surface area (Å²) in [7, 11) is 0. The predicted molar refractivity (Wildman–Crippen MR) is 73.6 cm³/mol. The minimum absolute atomic E-state index is 0.0457. The van der Waals surface area contributed by atoms with Gasteiger partial charge in [-0.2, -0.15) is 0 Å². The summed E-state index contributed by atoms with van der Waals surface area (Å²) in [5, 5.41) is 2.75. The van der Waals surface area contributed by atoms with Crippen molar-refractivity contribution in [3.63, 3.8) is 0 Å². The Morgan fingerprint density at radius 3 is 2.47 bits per heavy atom. The van der Waals surface area contributed by atoms with Crippen LogP contribution in [-0.2, 0) is 9.59 Å². The van der Waals surface area contributed by atoms with E-state index < -0.39 is 5.54 Å². The van der Waals surface area contributed by atoms with Gasteiger partial charge in [-0.3, -0.25) is 9.59 Å². The van der Waals surface area contributed by atoms with Crippen molar-refractivity contribution in [2.75, 3.05) is 32.7 Å². The number of nitrogens with zero attached hydrogens (tertiary/aromatic N) is 2. The van der Waals surface area contributed by atoms with Gasteiger partial charge in [0.1, 0.15) is 5.54 Å². The highest BCUT2D eigenvalue weighted by molar-refractivity contribution is 5.97. The van der Waals surface area contributed by atoms with E-state index in [1.54, 1.807) is 18.7 Å². The third-order valence-corrected chi connectivity index (χ3v) is 4.24. The Morgan fingerprint density at radius 2 is 1.89 bits per heavy atom. The molecule has 0 radical (unpaired) electrons. The number of hydrogen-bond donors (Lipinski definition) is 1. The molecule has 0 atom stereocenters. The fourth-order valence-corrected chi connectivity index (χ4v) is 3.03. The second-order valence-corrected chi connectivity index (χ2v) is 6.24. The van der Waals surface area contributed by atoms with Gasteiger partial charge in [0.15, 0.2) is 0 Å². The van der Waals surface area contributed by atoms with Gasteiger partial charge >= 0.3 is 0 Å². The van der Waals surface area contributed by atoms with Crippen molar-refractivity contribution in [1.82, 2.24) is 15.1 Å². The molecular formula is C14H25N3O2. The molecule has 2 saturated heterocycles. The number of hydrogen-bond acceptors (Lipinski definition) is 3. The zero-order chi connectivity index (χ0) is 14.0. The molecule has 108 valence electrons. The smallest absolute Gasteiger partial charge is 0.248 e. The van der Waals surface area contributed by atoms with Crippen LogP contribution in [0, 0.1) is 5.92 Å². The van der Waals surface area contributed by atoms with Gasteiger partial charge in [-0.1, -0.05) is 6.92 Å². The Bertz CT molecular complexity index is 360. The molecule has 2 rings (SSSR count). The summed E-state index contributed by atoms with van der Waals surface area (Å²) < 4.78 is 0. The van der Waals surface area contributed by atoms with E-state index in [0.29, 0.717) is 5.92 Å². The summed E-state index contributed by atoms with van der Waals surface area (Å²) in [6, 6.07) is 0. The molecule has 0 unspecified atom stereocenters. The van der Waals surface area contributed by atoms with Crippen molar-refractivity contribution in [3.8, 4) is 0 Å². The van der Waals surface area contributed by atoms with Crippen LogP contribution >= 0.6 is 0 Å². The predicted octanol–water partition coefficient (Wildman–Crippen LogP) is 0.455. The standard InChI is InChI=1S/C14H25N3O2/c1-4-16-7-5-11(6-8-16)9-17-10-12(18)15-14(2,3)13(17)19/h11H,4-10H2,1-3H3,(H,15,18). The molecule has 5 heteroatoms. The molecule has 0 saturated carbocycles. The van der Waals surface area contributed by atoms with E-state index in [0.717, 1.165) is 39.0 Å². The van der Waals surface area contributed by atoms with Crippen LogP contribution < -0.4 is 5.32 Å². The third kappa shape index (κ3) is 3.26. The van der Waals surface area contributed by atoms with Gasteiger partial charge in [0, 0.05) is 6.54 Å². The van der Waals surface area contributed by atoms with E-state index in [1.165, 1.54) is 0 Å². The first kappa shape index (κ1) is 14.3. The van der Waals surface area contributed by atoms with Crippen molar-refractivity contribution < 1.29 is 9.59 Å². The first-order valence-electron chi connectivity index (χ1n) is 7.25. The zero-order valence-corrected chi connectivity index (χ0v) is 12.2. The lowest BCUT2D eigenvalue weighted by atomic mass is 9.94. The van der Waals surface area contributed by atoms with Gasteiger partial charge < -0.3 is 15.1 Å². The fraction of sp³-hybridized carbons (Fsp3) is 0.857. The maximum atomic E-state index is 12.3. The Morgan fingerprint density at radius 1 is 1.26 bits per heavy atom. The van der Waals surface area contributed by atoms with Crippen LogP contribution in [0.4, 0.5) is 0 Å². The van der Waals surface area contributed by atoms with Crippen LogP contribution in [0.15, 0.2) is 0 Å². The second kappa shape index (κ2) is 5.49. The molecule has 0 aliphatic carbocycles. The third-order valence-electron chi connectivity index (χ3n) is 4.24. The summed E-state index contributed by atoms with van der Waals surface area (Å²) in [6.45, 7) is 10.0. The van der Waals surface area contributed by atoms with E-state index in [4.69, 9.17) is 0 Å². The lowest BCUT2D eigenvalue weighted by Crippen LogP contribution is -2.64. The van der Waals surface area contributed by atoms with Crippen molar-refractivity contribution in [1.29, 1.82) is 0 Å². The Hall–Kier alpha value is -1.10. The van der Waals surface area contributed by atoms with E-state index in [2.05, 4.69) is 17.1 Å². The maximum Gasteiger partial charge on any atom is 0.248 e. The highest BCUT2D eigenvalue weighted by atomic mass is 16.2. The number of nitrogens with one attached hydrogen (secondary N) is 1. The van der Waals surface area contributed by atoms with Crippen molar-refractivity contribution in [3.05, 3.63) is 0 Å². The van der Waals surface area contributed by atoms with Gasteiger partial charge in [-0.15, -0.1) is 0 Å². The summed E-state index contributed by atoms with van der Waals surface area (Å²) in [5.74, 6) is 0.536. The number of amides is 2. The fourth-order valence-electron chi connectivity index (χ4n) is 3.03. The number of piperazine rings is 1. The average Bonchev–Trinajstić information content (AvgIpc) is 2.36. The minimum atomic E-state index is -0.751. The molecule has 1 N–H and O–H groups in total. The summed E-state index contributed by atoms with van der Waals surface area (Å²) in [4.78, 5) is 28.1. The first-order valence-corrected chi connectivity index (χ1v) is 7.25. The van der Waals surface area contributed by atoms with Crippen LogP contribution in [0.3, 0.4) is 0 Å². The van der Waals surface area contributed by atoms with Gasteiger partial charge in [0.2, 0.25) is 11.8 Å². The number of carbonyl (C=O) groups is 2. The first-order chi connectivity index (χ1) is 8.92. The molecule has 0 aromatic carbocycles. The SMILES string of the molecule is CCN1CCC(CN2CC(=O)NC(C)(C)C2=O)CC1. The second-order valence-electron chi connectivity index (χ2n) is 6.24. The molecule has 2 amide bonds. The normalized spacial score (nSPS) is 25.5. The van der Waals surface area contributed by atoms with Crippen LogP contribution in [0.5, 0.6) is 0 Å². The molecule has 0 aromatic rings. The Labute approximate surface area is 115 Å². The molecule has 2 aliphatic heterocycles. The van der Waals surface area contributed by atoms with Gasteiger partial charge in [-0.05, 0) is 52.2 Å². The monoisotopic (exact) mass is 267 g/mol. The molecule has 19 heavy (non-hydrogen) atoms. The van der Waals surface area contributed by atoms with Crippen molar-refractivity contribution in [2.24, 2.45) is 5.92 Å². The van der Waals surface area contributed by atoms with Crippen LogP contribution in [-0.4, -0.2) is 59.9 Å². The topological polar surface area (TPSA) is 52.6 Å². The van der Waals surface area contributed by atoms with Gasteiger partial charge in [0.05, 0.1) is 6.54 Å². The summed E-state index contributed by atoms with van der Waals surface area (Å²) >= 11 is 0. The van der Waals surface area contributed by atoms with Gasteiger partial charge in [-0.25, -0.2) is 0 Å². The number of likely N-dealkylation sites (tertiary alicyclic amines) is 1. The Balaban J connectivity index is 1.92. The number of piperidine rings is 1. The van der Waals surface area contributed by atoms with Crippen molar-refractivity contribution in [2.45, 2.75) is 39.2 Å². The molecule has 2 heterocycles. The quantitative estimate of drug-likeness (QED) is 0.808. The number of rotatable bonds is 3. The summed E-state index contributed by atoms with van der Waals surface area (Å²) in [5.41, 5.74) is -0.751. The van der Waals surface area contributed by atoms with Crippen LogP contribution in [0.2, 0.25) is 0 Å². The van der Waals surface area contributed by atoms with E-state index >= 15 is 0 Å². The lowest BCUT2D eigenvalue weighted by Gasteiger charge is -2.40. The van der Waals surface area contributed by atoms with Crippen LogP contribution in [0.25, 0.3) is 0 Å². The van der Waals surface area contributed by atoms with E-state index in [1.807, 2.05) is 0 Å². The highest BCUT2D eigenvalue weighted by Crippen LogP contribution is 2.21. The molecule has 2 fully saturated rings. The van der Waals surface area contributed by atoms with E-state index in [9.17, 15) is 9.59 Å². The zero-order valence-electron chi connectivity index (χ0n) is 12.2. The molecule has 0 bridgehead atoms. The minimum Gasteiger partial charge on any atom is -0.341 e. The number of carbonyl (C=O) groups excluding carboxylic acids is 2. The lowest BCUT2D eigenvalue weighted by molar-refractivity contribution is -0.149. The molecule has 2 aliphatic rings. The maximum absolute atomic E-state index is 12.3. The average molecular weight is 267 g/mol. The highest BCUT2D eigenvalue weighted by Gasteiger charge is 2.39. The van der Waals surface area contributed by atoms with Crippen LogP contribution in [0.1, 0.15) is 33.6 Å². The molecule has 0 spiro atoms. The van der Waals surface area contributed by atoms with Gasteiger partial charge in [0.25, 0.3) is 0 Å². The molecule has 5 nitrogen and oxygen atoms in total. The van der Waals surface area contributed by atoms with E-state index in [-0.39, 0.29) is 18.4 Å². The molecule has 0 aromatic heterocycles. The largest absolute Gasteiger partial charge is 0.341 e. The van der Waals surface area contributed by atoms with Crippen molar-refractivity contribution >= 4 is 11.8 Å². The molecular weight excluding hydrogens is 242 g/mol. The Kier molecular flexibility index (Phi) is 4.13. The summed E-state index contributed by atoms with van der Waals surface area (Å²) in [6.07, 6.45) is 2.25.